The van der Waals surface area contributed by atoms with Crippen molar-refractivity contribution < 1.29 is 14.3 Å². The van der Waals surface area contributed by atoms with E-state index < -0.39 is 11.5 Å². The number of aliphatic carboxylic acids is 1. The first-order valence-corrected chi connectivity index (χ1v) is 5.66. The number of rotatable bonds is 5. The minimum atomic E-state index is -1.06. The summed E-state index contributed by atoms with van der Waals surface area (Å²) >= 11 is 0. The summed E-state index contributed by atoms with van der Waals surface area (Å²) in [6.07, 6.45) is 1.22. The Morgan fingerprint density at radius 3 is 2.59 bits per heavy atom. The lowest BCUT2D eigenvalue weighted by atomic mass is 9.95. The van der Waals surface area contributed by atoms with Crippen LogP contribution in [0.5, 0.6) is 0 Å². The van der Waals surface area contributed by atoms with E-state index in [1.165, 1.54) is 12.1 Å². The number of halogens is 1. The maximum Gasteiger partial charge on any atom is 0.329 e. The highest BCUT2D eigenvalue weighted by Crippen LogP contribution is 2.22. The van der Waals surface area contributed by atoms with Crippen LogP contribution in [0, 0.1) is 12.7 Å². The van der Waals surface area contributed by atoms with Crippen LogP contribution in [0.3, 0.4) is 0 Å². The lowest BCUT2D eigenvalue weighted by Crippen LogP contribution is -2.43. The second-order valence-corrected chi connectivity index (χ2v) is 4.53. The van der Waals surface area contributed by atoms with E-state index >= 15 is 0 Å². The number of carbonyl (C=O) groups is 1. The normalized spacial score (nSPS) is 14.1. The SMILES string of the molecule is CCCC(C)(Nc1cc(C)cc(F)c1)C(=O)O. The third kappa shape index (κ3) is 3.44. The summed E-state index contributed by atoms with van der Waals surface area (Å²) in [6, 6.07) is 4.45. The van der Waals surface area contributed by atoms with Crippen LogP contribution in [0.2, 0.25) is 0 Å². The lowest BCUT2D eigenvalue weighted by Gasteiger charge is -2.27. The monoisotopic (exact) mass is 239 g/mol. The van der Waals surface area contributed by atoms with Gasteiger partial charge in [0.2, 0.25) is 0 Å². The molecule has 0 radical (unpaired) electrons. The van der Waals surface area contributed by atoms with Gasteiger partial charge in [-0.1, -0.05) is 13.3 Å². The number of hydrogen-bond donors (Lipinski definition) is 2. The highest BCUT2D eigenvalue weighted by atomic mass is 19.1. The molecule has 0 aliphatic rings. The van der Waals surface area contributed by atoms with Gasteiger partial charge in [-0.15, -0.1) is 0 Å². The minimum absolute atomic E-state index is 0.364. The zero-order valence-corrected chi connectivity index (χ0v) is 10.4. The van der Waals surface area contributed by atoms with Gasteiger partial charge in [-0.25, -0.2) is 9.18 Å². The summed E-state index contributed by atoms with van der Waals surface area (Å²) < 4.78 is 13.2. The largest absolute Gasteiger partial charge is 0.480 e. The fraction of sp³-hybridized carbons (Fsp3) is 0.462. The van der Waals surface area contributed by atoms with Crippen molar-refractivity contribution in [3.8, 4) is 0 Å². The van der Waals surface area contributed by atoms with Crippen LogP contribution in [0.15, 0.2) is 18.2 Å². The molecule has 0 fully saturated rings. The standard InChI is InChI=1S/C13H18FNO2/c1-4-5-13(3,12(16)17)15-11-7-9(2)6-10(14)8-11/h6-8,15H,4-5H2,1-3H3,(H,16,17). The van der Waals surface area contributed by atoms with E-state index in [1.54, 1.807) is 19.9 Å². The number of hydrogen-bond acceptors (Lipinski definition) is 2. The summed E-state index contributed by atoms with van der Waals surface area (Å²) in [5, 5.41) is 12.1. The molecule has 0 aromatic heterocycles. The summed E-state index contributed by atoms with van der Waals surface area (Å²) in [5.74, 6) is -1.29. The number of nitrogens with one attached hydrogen (secondary N) is 1. The van der Waals surface area contributed by atoms with Crippen LogP contribution < -0.4 is 5.32 Å². The predicted molar refractivity (Wildman–Crippen MR) is 65.7 cm³/mol. The van der Waals surface area contributed by atoms with E-state index in [4.69, 9.17) is 0 Å². The van der Waals surface area contributed by atoms with E-state index in [0.29, 0.717) is 12.1 Å². The van der Waals surface area contributed by atoms with Crippen LogP contribution in [0.4, 0.5) is 10.1 Å². The zero-order chi connectivity index (χ0) is 13.1. The topological polar surface area (TPSA) is 49.3 Å². The smallest absolute Gasteiger partial charge is 0.329 e. The highest BCUT2D eigenvalue weighted by Gasteiger charge is 2.31. The predicted octanol–water partition coefficient (Wildman–Crippen LogP) is 3.19. The molecule has 17 heavy (non-hydrogen) atoms. The molecule has 0 heterocycles. The molecule has 0 spiro atoms. The molecule has 0 aliphatic carbocycles. The second kappa shape index (κ2) is 5.17. The van der Waals surface area contributed by atoms with Gasteiger partial charge in [0.25, 0.3) is 0 Å². The Hall–Kier alpha value is -1.58. The van der Waals surface area contributed by atoms with E-state index in [-0.39, 0.29) is 5.82 Å². The van der Waals surface area contributed by atoms with E-state index in [1.807, 2.05) is 6.92 Å². The fourth-order valence-electron chi connectivity index (χ4n) is 1.85. The number of anilines is 1. The average Bonchev–Trinajstić information content (AvgIpc) is 2.15. The molecule has 1 aromatic rings. The Balaban J connectivity index is 2.97. The number of benzene rings is 1. The van der Waals surface area contributed by atoms with Crippen LogP contribution in [0.1, 0.15) is 32.3 Å². The quantitative estimate of drug-likeness (QED) is 0.829. The fourth-order valence-corrected chi connectivity index (χ4v) is 1.85. The maximum atomic E-state index is 13.2. The van der Waals surface area contributed by atoms with Gasteiger partial charge in [-0.05, 0) is 44.0 Å². The molecule has 2 N–H and O–H groups in total. The Morgan fingerprint density at radius 2 is 2.12 bits per heavy atom. The van der Waals surface area contributed by atoms with Gasteiger partial charge in [0, 0.05) is 5.69 Å². The van der Waals surface area contributed by atoms with E-state index in [9.17, 15) is 14.3 Å². The van der Waals surface area contributed by atoms with Crippen molar-refractivity contribution in [2.75, 3.05) is 5.32 Å². The Morgan fingerprint density at radius 1 is 1.47 bits per heavy atom. The molecule has 0 bridgehead atoms. The van der Waals surface area contributed by atoms with E-state index in [2.05, 4.69) is 5.32 Å². The summed E-state index contributed by atoms with van der Waals surface area (Å²) in [4.78, 5) is 11.2. The van der Waals surface area contributed by atoms with Crippen LogP contribution >= 0.6 is 0 Å². The molecule has 0 saturated carbocycles. The molecule has 0 amide bonds. The molecule has 0 aliphatic heterocycles. The molecule has 1 aromatic carbocycles. The van der Waals surface area contributed by atoms with Gasteiger partial charge in [-0.3, -0.25) is 0 Å². The molecule has 0 saturated heterocycles. The third-order valence-corrected chi connectivity index (χ3v) is 2.68. The first kappa shape index (κ1) is 13.5. The summed E-state index contributed by atoms with van der Waals surface area (Å²) in [7, 11) is 0. The van der Waals surface area contributed by atoms with Crippen molar-refractivity contribution >= 4 is 11.7 Å². The molecule has 3 nitrogen and oxygen atoms in total. The molecular formula is C13H18FNO2. The number of carboxylic acid groups (broad SMARTS) is 1. The van der Waals surface area contributed by atoms with E-state index in [0.717, 1.165) is 12.0 Å². The van der Waals surface area contributed by atoms with Crippen LogP contribution in [0.25, 0.3) is 0 Å². The van der Waals surface area contributed by atoms with Gasteiger partial charge in [0.05, 0.1) is 0 Å². The van der Waals surface area contributed by atoms with Crippen LogP contribution in [-0.2, 0) is 4.79 Å². The molecule has 1 rings (SSSR count). The summed E-state index contributed by atoms with van der Waals surface area (Å²) in [5.41, 5.74) is 0.201. The maximum absolute atomic E-state index is 13.2. The Labute approximate surface area is 101 Å². The first-order chi connectivity index (χ1) is 7.87. The van der Waals surface area contributed by atoms with Gasteiger partial charge < -0.3 is 10.4 Å². The average molecular weight is 239 g/mol. The van der Waals surface area contributed by atoms with Crippen molar-refractivity contribution in [1.82, 2.24) is 0 Å². The molecule has 94 valence electrons. The second-order valence-electron chi connectivity index (χ2n) is 4.53. The molecule has 1 atom stereocenters. The number of carboxylic acids is 1. The van der Waals surface area contributed by atoms with Crippen molar-refractivity contribution in [2.24, 2.45) is 0 Å². The van der Waals surface area contributed by atoms with Gasteiger partial charge in [-0.2, -0.15) is 0 Å². The molecular weight excluding hydrogens is 221 g/mol. The summed E-state index contributed by atoms with van der Waals surface area (Å²) in [6.45, 7) is 5.30. The van der Waals surface area contributed by atoms with Crippen LogP contribution in [-0.4, -0.2) is 16.6 Å². The zero-order valence-electron chi connectivity index (χ0n) is 10.4. The minimum Gasteiger partial charge on any atom is -0.480 e. The molecule has 4 heteroatoms. The van der Waals surface area contributed by atoms with Crippen molar-refractivity contribution in [2.45, 2.75) is 39.2 Å². The first-order valence-electron chi connectivity index (χ1n) is 5.66. The van der Waals surface area contributed by atoms with Gasteiger partial charge >= 0.3 is 5.97 Å². The molecule has 1 unspecified atom stereocenters. The number of aryl methyl sites for hydroxylation is 1. The third-order valence-electron chi connectivity index (χ3n) is 2.68. The van der Waals surface area contributed by atoms with Crippen molar-refractivity contribution in [3.05, 3.63) is 29.6 Å². The Kier molecular flexibility index (Phi) is 4.10. The Bertz CT molecular complexity index is 400. The van der Waals surface area contributed by atoms with Gasteiger partial charge in [0.15, 0.2) is 0 Å². The van der Waals surface area contributed by atoms with Gasteiger partial charge in [0.1, 0.15) is 11.4 Å². The highest BCUT2D eigenvalue weighted by molar-refractivity contribution is 5.82. The van der Waals surface area contributed by atoms with Crippen molar-refractivity contribution in [3.63, 3.8) is 0 Å². The van der Waals surface area contributed by atoms with Crippen molar-refractivity contribution in [1.29, 1.82) is 0 Å². The lowest BCUT2D eigenvalue weighted by molar-refractivity contribution is -0.141.